The molecule has 0 saturated heterocycles. The lowest BCUT2D eigenvalue weighted by atomic mass is 10.2. The Bertz CT molecular complexity index is 714. The SMILES string of the molecule is O=C(NC[C@@H](O)c1ccoc1)C(=O)Nc1ccc(OC(F)(F)F)cc1. The van der Waals surface area contributed by atoms with Crippen LogP contribution in [-0.2, 0) is 9.59 Å². The lowest BCUT2D eigenvalue weighted by molar-refractivity contribution is -0.274. The number of carbonyl (C=O) groups is 2. The zero-order valence-corrected chi connectivity index (χ0v) is 12.5. The van der Waals surface area contributed by atoms with Crippen molar-refractivity contribution >= 4 is 17.5 Å². The van der Waals surface area contributed by atoms with Gasteiger partial charge in [-0.15, -0.1) is 13.2 Å². The molecule has 1 aromatic carbocycles. The Balaban J connectivity index is 1.83. The molecule has 0 saturated carbocycles. The second-order valence-electron chi connectivity index (χ2n) is 4.81. The maximum atomic E-state index is 12.0. The van der Waals surface area contributed by atoms with Gasteiger partial charge in [0.25, 0.3) is 0 Å². The normalized spacial score (nSPS) is 12.3. The topological polar surface area (TPSA) is 101 Å². The summed E-state index contributed by atoms with van der Waals surface area (Å²) >= 11 is 0. The van der Waals surface area contributed by atoms with Crippen LogP contribution in [0, 0.1) is 0 Å². The predicted molar refractivity (Wildman–Crippen MR) is 78.4 cm³/mol. The van der Waals surface area contributed by atoms with Gasteiger partial charge in [0.15, 0.2) is 0 Å². The highest BCUT2D eigenvalue weighted by Gasteiger charge is 2.31. The molecular formula is C15H13F3N2O5. The van der Waals surface area contributed by atoms with Gasteiger partial charge in [0.1, 0.15) is 5.75 Å². The highest BCUT2D eigenvalue weighted by molar-refractivity contribution is 6.39. The summed E-state index contributed by atoms with van der Waals surface area (Å²) in [6, 6.07) is 5.77. The summed E-state index contributed by atoms with van der Waals surface area (Å²) < 4.78 is 44.6. The maximum Gasteiger partial charge on any atom is 0.573 e. The number of carbonyl (C=O) groups excluding carboxylic acids is 2. The van der Waals surface area contributed by atoms with Crippen molar-refractivity contribution in [3.05, 3.63) is 48.4 Å². The smallest absolute Gasteiger partial charge is 0.472 e. The molecule has 1 heterocycles. The van der Waals surface area contributed by atoms with Crippen molar-refractivity contribution in [1.82, 2.24) is 5.32 Å². The van der Waals surface area contributed by atoms with Crippen LogP contribution in [0.3, 0.4) is 0 Å². The Labute approximate surface area is 139 Å². The molecule has 3 N–H and O–H groups in total. The van der Waals surface area contributed by atoms with Gasteiger partial charge < -0.3 is 24.9 Å². The minimum Gasteiger partial charge on any atom is -0.472 e. The average molecular weight is 358 g/mol. The second-order valence-corrected chi connectivity index (χ2v) is 4.81. The molecule has 2 rings (SSSR count). The van der Waals surface area contributed by atoms with Crippen molar-refractivity contribution in [2.45, 2.75) is 12.5 Å². The van der Waals surface area contributed by atoms with E-state index < -0.39 is 30.0 Å². The summed E-state index contributed by atoms with van der Waals surface area (Å²) in [6.45, 7) is -0.218. The van der Waals surface area contributed by atoms with Crippen molar-refractivity contribution in [2.24, 2.45) is 0 Å². The number of halogens is 3. The van der Waals surface area contributed by atoms with Gasteiger partial charge in [-0.25, -0.2) is 0 Å². The van der Waals surface area contributed by atoms with E-state index in [4.69, 9.17) is 4.42 Å². The maximum absolute atomic E-state index is 12.0. The number of nitrogens with one attached hydrogen (secondary N) is 2. The molecule has 1 atom stereocenters. The van der Waals surface area contributed by atoms with Gasteiger partial charge in [-0.1, -0.05) is 0 Å². The number of hydrogen-bond donors (Lipinski definition) is 3. The Hall–Kier alpha value is -3.01. The molecule has 0 bridgehead atoms. The molecule has 0 unspecified atom stereocenters. The lowest BCUT2D eigenvalue weighted by Gasteiger charge is -2.11. The molecule has 1 aromatic heterocycles. The number of benzene rings is 1. The van der Waals surface area contributed by atoms with E-state index in [1.807, 2.05) is 0 Å². The Morgan fingerprint density at radius 3 is 2.40 bits per heavy atom. The average Bonchev–Trinajstić information content (AvgIpc) is 3.07. The highest BCUT2D eigenvalue weighted by Crippen LogP contribution is 2.23. The van der Waals surface area contributed by atoms with Gasteiger partial charge in [-0.3, -0.25) is 9.59 Å². The number of aliphatic hydroxyl groups is 1. The lowest BCUT2D eigenvalue weighted by Crippen LogP contribution is -2.37. The Morgan fingerprint density at radius 2 is 1.84 bits per heavy atom. The van der Waals surface area contributed by atoms with Crippen molar-refractivity contribution in [1.29, 1.82) is 0 Å². The van der Waals surface area contributed by atoms with E-state index in [0.717, 1.165) is 24.3 Å². The second kappa shape index (κ2) is 7.71. The summed E-state index contributed by atoms with van der Waals surface area (Å²) in [7, 11) is 0. The van der Waals surface area contributed by atoms with Crippen molar-refractivity contribution in [3.63, 3.8) is 0 Å². The van der Waals surface area contributed by atoms with E-state index >= 15 is 0 Å². The third kappa shape index (κ3) is 5.84. The van der Waals surface area contributed by atoms with E-state index in [1.54, 1.807) is 0 Å². The van der Waals surface area contributed by atoms with E-state index in [9.17, 15) is 27.9 Å². The molecule has 0 spiro atoms. The molecule has 2 aromatic rings. The minimum absolute atomic E-state index is 0.102. The van der Waals surface area contributed by atoms with Crippen LogP contribution in [-0.4, -0.2) is 29.8 Å². The van der Waals surface area contributed by atoms with E-state index in [-0.39, 0.29) is 12.2 Å². The van der Waals surface area contributed by atoms with Crippen LogP contribution in [0.1, 0.15) is 11.7 Å². The predicted octanol–water partition coefficient (Wildman–Crippen LogP) is 1.97. The first-order valence-corrected chi connectivity index (χ1v) is 6.90. The van der Waals surface area contributed by atoms with Crippen LogP contribution in [0.5, 0.6) is 5.75 Å². The quantitative estimate of drug-likeness (QED) is 0.710. The molecule has 2 amide bonds. The van der Waals surface area contributed by atoms with E-state index in [0.29, 0.717) is 5.56 Å². The van der Waals surface area contributed by atoms with E-state index in [1.165, 1.54) is 18.6 Å². The molecule has 0 aliphatic heterocycles. The fourth-order valence-electron chi connectivity index (χ4n) is 1.78. The van der Waals surface area contributed by atoms with Gasteiger partial charge >= 0.3 is 18.2 Å². The van der Waals surface area contributed by atoms with Gasteiger partial charge in [-0.05, 0) is 30.3 Å². The molecule has 0 fully saturated rings. The molecule has 0 aliphatic rings. The standard InChI is InChI=1S/C15H13F3N2O5/c16-15(17,18)25-11-3-1-10(2-4-11)20-14(23)13(22)19-7-12(21)9-5-6-24-8-9/h1-6,8,12,21H,7H2,(H,19,22)(H,20,23)/t12-/m1/s1. The summed E-state index contributed by atoms with van der Waals surface area (Å²) in [4.78, 5) is 23.3. The largest absolute Gasteiger partial charge is 0.573 e. The minimum atomic E-state index is -4.82. The Kier molecular flexibility index (Phi) is 5.65. The number of hydrogen-bond acceptors (Lipinski definition) is 5. The summed E-state index contributed by atoms with van der Waals surface area (Å²) in [6.07, 6.45) is -3.23. The monoisotopic (exact) mass is 358 g/mol. The summed E-state index contributed by atoms with van der Waals surface area (Å²) in [5.74, 6) is -2.51. The number of ether oxygens (including phenoxy) is 1. The third-order valence-electron chi connectivity index (χ3n) is 2.94. The highest BCUT2D eigenvalue weighted by atomic mass is 19.4. The van der Waals surface area contributed by atoms with Crippen LogP contribution in [0.4, 0.5) is 18.9 Å². The zero-order chi connectivity index (χ0) is 18.4. The molecule has 0 aliphatic carbocycles. The van der Waals surface area contributed by atoms with Gasteiger partial charge in [-0.2, -0.15) is 0 Å². The van der Waals surface area contributed by atoms with Gasteiger partial charge in [0.05, 0.1) is 18.6 Å². The van der Waals surface area contributed by atoms with E-state index in [2.05, 4.69) is 15.4 Å². The molecular weight excluding hydrogens is 345 g/mol. The molecule has 7 nitrogen and oxygen atoms in total. The van der Waals surface area contributed by atoms with Crippen molar-refractivity contribution in [3.8, 4) is 5.75 Å². The number of anilines is 1. The summed E-state index contributed by atoms with van der Waals surface area (Å²) in [5, 5.41) is 14.2. The van der Waals surface area contributed by atoms with Crippen LogP contribution >= 0.6 is 0 Å². The molecule has 134 valence electrons. The fourth-order valence-corrected chi connectivity index (χ4v) is 1.78. The van der Waals surface area contributed by atoms with Crippen molar-refractivity contribution in [2.75, 3.05) is 11.9 Å². The first-order chi connectivity index (χ1) is 11.7. The first-order valence-electron chi connectivity index (χ1n) is 6.90. The number of furan rings is 1. The third-order valence-corrected chi connectivity index (χ3v) is 2.94. The van der Waals surface area contributed by atoms with Gasteiger partial charge in [0.2, 0.25) is 0 Å². The number of amides is 2. The van der Waals surface area contributed by atoms with Crippen LogP contribution < -0.4 is 15.4 Å². The number of rotatable bonds is 5. The summed E-state index contributed by atoms with van der Waals surface area (Å²) in [5.41, 5.74) is 0.533. The van der Waals surface area contributed by atoms with Crippen LogP contribution in [0.15, 0.2) is 47.3 Å². The Morgan fingerprint density at radius 1 is 1.16 bits per heavy atom. The first kappa shape index (κ1) is 18.3. The van der Waals surface area contributed by atoms with Crippen molar-refractivity contribution < 1.29 is 37.0 Å². The fraction of sp³-hybridized carbons (Fsp3) is 0.200. The van der Waals surface area contributed by atoms with Gasteiger partial charge in [0, 0.05) is 17.8 Å². The molecule has 10 heteroatoms. The zero-order valence-electron chi connectivity index (χ0n) is 12.5. The molecule has 0 radical (unpaired) electrons. The van der Waals surface area contributed by atoms with Crippen LogP contribution in [0.25, 0.3) is 0 Å². The number of aliphatic hydroxyl groups excluding tert-OH is 1. The van der Waals surface area contributed by atoms with Crippen LogP contribution in [0.2, 0.25) is 0 Å². The molecule has 25 heavy (non-hydrogen) atoms. The number of alkyl halides is 3.